The van der Waals surface area contributed by atoms with E-state index < -0.39 is 0 Å². The van der Waals surface area contributed by atoms with Crippen LogP contribution in [0.4, 0.5) is 5.69 Å². The van der Waals surface area contributed by atoms with E-state index in [0.717, 1.165) is 21.5 Å². The van der Waals surface area contributed by atoms with Crippen LogP contribution in [0, 0.1) is 13.8 Å². The first kappa shape index (κ1) is 13.0. The van der Waals surface area contributed by atoms with E-state index in [2.05, 4.69) is 10.4 Å². The number of carbonyl (C=O) groups is 1. The molecule has 0 saturated carbocycles. The third-order valence-corrected chi connectivity index (χ3v) is 2.96. The third kappa shape index (κ3) is 3.07. The van der Waals surface area contributed by atoms with Crippen molar-refractivity contribution in [2.24, 2.45) is 0 Å². The number of anilines is 1. The van der Waals surface area contributed by atoms with Gasteiger partial charge < -0.3 is 5.32 Å². The first-order valence-electron chi connectivity index (χ1n) is 5.96. The van der Waals surface area contributed by atoms with Gasteiger partial charge in [0.05, 0.1) is 0 Å². The van der Waals surface area contributed by atoms with Crippen molar-refractivity contribution >= 4 is 11.6 Å². The van der Waals surface area contributed by atoms with Crippen molar-refractivity contribution in [1.82, 2.24) is 9.78 Å². The van der Waals surface area contributed by atoms with Gasteiger partial charge in [-0.15, -0.1) is 0 Å². The number of nitrogens with one attached hydrogen (secondary N) is 1. The molecule has 1 amide bonds. The fourth-order valence-electron chi connectivity index (χ4n) is 1.72. The zero-order chi connectivity index (χ0) is 13.8. The van der Waals surface area contributed by atoms with Gasteiger partial charge in [0.15, 0.2) is 0 Å². The van der Waals surface area contributed by atoms with Gasteiger partial charge in [0, 0.05) is 18.0 Å². The van der Waals surface area contributed by atoms with Gasteiger partial charge in [-0.1, -0.05) is 12.1 Å². The summed E-state index contributed by atoms with van der Waals surface area (Å²) in [5.74, 6) is -0.269. The van der Waals surface area contributed by atoms with Crippen LogP contribution in [0.5, 0.6) is 0 Å². The SMILES string of the molecule is Cc1cccc(NC(=O)Cn2ncccc2=O)c1C. The second-order valence-electron chi connectivity index (χ2n) is 4.32. The molecule has 0 aliphatic rings. The Kier molecular flexibility index (Phi) is 3.75. The first-order valence-corrected chi connectivity index (χ1v) is 5.96. The largest absolute Gasteiger partial charge is 0.324 e. The summed E-state index contributed by atoms with van der Waals surface area (Å²) >= 11 is 0. The van der Waals surface area contributed by atoms with Crippen molar-refractivity contribution in [2.45, 2.75) is 20.4 Å². The van der Waals surface area contributed by atoms with Crippen molar-refractivity contribution in [3.05, 3.63) is 58.0 Å². The molecule has 1 heterocycles. The molecule has 2 aromatic rings. The number of rotatable bonds is 3. The average Bonchev–Trinajstić information content (AvgIpc) is 2.38. The zero-order valence-corrected chi connectivity index (χ0v) is 10.9. The maximum absolute atomic E-state index is 11.9. The topological polar surface area (TPSA) is 64.0 Å². The minimum atomic E-state index is -0.293. The summed E-state index contributed by atoms with van der Waals surface area (Å²) in [6.45, 7) is 3.83. The van der Waals surface area contributed by atoms with Gasteiger partial charge in [0.1, 0.15) is 6.54 Å². The van der Waals surface area contributed by atoms with Crippen LogP contribution in [-0.4, -0.2) is 15.7 Å². The lowest BCUT2D eigenvalue weighted by Gasteiger charge is -2.10. The third-order valence-electron chi connectivity index (χ3n) is 2.96. The summed E-state index contributed by atoms with van der Waals surface area (Å²) in [6, 6.07) is 8.61. The lowest BCUT2D eigenvalue weighted by atomic mass is 10.1. The van der Waals surface area contributed by atoms with Crippen LogP contribution >= 0.6 is 0 Å². The molecular weight excluding hydrogens is 242 g/mol. The number of carbonyl (C=O) groups excluding carboxylic acids is 1. The van der Waals surface area contributed by atoms with Crippen molar-refractivity contribution in [1.29, 1.82) is 0 Å². The lowest BCUT2D eigenvalue weighted by Crippen LogP contribution is -2.28. The van der Waals surface area contributed by atoms with E-state index in [1.54, 1.807) is 6.07 Å². The van der Waals surface area contributed by atoms with Crippen LogP contribution in [0.2, 0.25) is 0 Å². The fraction of sp³-hybridized carbons (Fsp3) is 0.214. The Bertz CT molecular complexity index is 662. The van der Waals surface area contributed by atoms with Crippen molar-refractivity contribution < 1.29 is 4.79 Å². The van der Waals surface area contributed by atoms with Crippen LogP contribution in [0.15, 0.2) is 41.3 Å². The van der Waals surface area contributed by atoms with Gasteiger partial charge in [0.2, 0.25) is 5.91 Å². The summed E-state index contributed by atoms with van der Waals surface area (Å²) < 4.78 is 1.13. The summed E-state index contributed by atoms with van der Waals surface area (Å²) in [7, 11) is 0. The number of aromatic nitrogens is 2. The molecule has 0 aliphatic heterocycles. The van der Waals surface area contributed by atoms with Gasteiger partial charge >= 0.3 is 0 Å². The lowest BCUT2D eigenvalue weighted by molar-refractivity contribution is -0.117. The summed E-state index contributed by atoms with van der Waals surface area (Å²) in [5, 5.41) is 6.63. The molecule has 0 unspecified atom stereocenters. The number of benzene rings is 1. The first-order chi connectivity index (χ1) is 9.08. The molecule has 0 aliphatic carbocycles. The zero-order valence-electron chi connectivity index (χ0n) is 10.9. The number of amides is 1. The second kappa shape index (κ2) is 5.48. The summed E-state index contributed by atoms with van der Waals surface area (Å²) in [4.78, 5) is 23.3. The van der Waals surface area contributed by atoms with Crippen LogP contribution in [-0.2, 0) is 11.3 Å². The normalized spacial score (nSPS) is 10.2. The van der Waals surface area contributed by atoms with E-state index in [0.29, 0.717) is 0 Å². The maximum atomic E-state index is 11.9. The van der Waals surface area contributed by atoms with Crippen molar-refractivity contribution in [3.8, 4) is 0 Å². The monoisotopic (exact) mass is 257 g/mol. The van der Waals surface area contributed by atoms with E-state index in [1.807, 2.05) is 32.0 Å². The molecule has 1 aromatic heterocycles. The Morgan fingerprint density at radius 3 is 2.79 bits per heavy atom. The number of hydrogen-bond donors (Lipinski definition) is 1. The number of nitrogens with zero attached hydrogens (tertiary/aromatic N) is 2. The Morgan fingerprint density at radius 2 is 2.05 bits per heavy atom. The van der Waals surface area contributed by atoms with Crippen molar-refractivity contribution in [3.63, 3.8) is 0 Å². The predicted molar refractivity (Wildman–Crippen MR) is 73.0 cm³/mol. The number of hydrogen-bond acceptors (Lipinski definition) is 3. The molecule has 0 bridgehead atoms. The smallest absolute Gasteiger partial charge is 0.267 e. The molecule has 5 heteroatoms. The molecular formula is C14H15N3O2. The van der Waals surface area contributed by atoms with Crippen LogP contribution in [0.25, 0.3) is 0 Å². The van der Waals surface area contributed by atoms with Crippen molar-refractivity contribution in [2.75, 3.05) is 5.32 Å². The molecule has 1 N–H and O–H groups in total. The van der Waals surface area contributed by atoms with E-state index >= 15 is 0 Å². The number of aryl methyl sites for hydroxylation is 1. The van der Waals surface area contributed by atoms with Gasteiger partial charge in [-0.05, 0) is 37.1 Å². The Labute approximate surface area is 110 Å². The Balaban J connectivity index is 2.12. The second-order valence-corrected chi connectivity index (χ2v) is 4.32. The molecule has 0 atom stereocenters. The molecule has 98 valence electrons. The highest BCUT2D eigenvalue weighted by molar-refractivity contribution is 5.91. The maximum Gasteiger partial charge on any atom is 0.267 e. The Morgan fingerprint density at radius 1 is 1.26 bits per heavy atom. The molecule has 5 nitrogen and oxygen atoms in total. The quantitative estimate of drug-likeness (QED) is 0.906. The summed E-state index contributed by atoms with van der Waals surface area (Å²) in [5.41, 5.74) is 2.59. The van der Waals surface area contributed by atoms with Crippen LogP contribution in [0.1, 0.15) is 11.1 Å². The standard InChI is InChI=1S/C14H15N3O2/c1-10-5-3-6-12(11(10)2)16-13(18)9-17-14(19)7-4-8-15-17/h3-8H,9H2,1-2H3,(H,16,18). The summed E-state index contributed by atoms with van der Waals surface area (Å²) in [6.07, 6.45) is 1.48. The van der Waals surface area contributed by atoms with Crippen LogP contribution in [0.3, 0.4) is 0 Å². The molecule has 1 aromatic carbocycles. The molecule has 0 saturated heterocycles. The van der Waals surface area contributed by atoms with E-state index in [1.165, 1.54) is 12.3 Å². The highest BCUT2D eigenvalue weighted by atomic mass is 16.2. The van der Waals surface area contributed by atoms with E-state index in [4.69, 9.17) is 0 Å². The molecule has 2 rings (SSSR count). The fourth-order valence-corrected chi connectivity index (χ4v) is 1.72. The molecule has 0 spiro atoms. The average molecular weight is 257 g/mol. The molecule has 19 heavy (non-hydrogen) atoms. The minimum absolute atomic E-state index is 0.0902. The van der Waals surface area contributed by atoms with Gasteiger partial charge in [-0.2, -0.15) is 5.10 Å². The minimum Gasteiger partial charge on any atom is -0.324 e. The van der Waals surface area contributed by atoms with E-state index in [9.17, 15) is 9.59 Å². The Hall–Kier alpha value is -2.43. The predicted octanol–water partition coefficient (Wildman–Crippen LogP) is 1.50. The van der Waals surface area contributed by atoms with Gasteiger partial charge in [0.25, 0.3) is 5.56 Å². The highest BCUT2D eigenvalue weighted by Crippen LogP contribution is 2.17. The van der Waals surface area contributed by atoms with Gasteiger partial charge in [-0.3, -0.25) is 9.59 Å². The highest BCUT2D eigenvalue weighted by Gasteiger charge is 2.07. The molecule has 0 radical (unpaired) electrons. The van der Waals surface area contributed by atoms with Crippen LogP contribution < -0.4 is 10.9 Å². The molecule has 0 fully saturated rings. The van der Waals surface area contributed by atoms with Gasteiger partial charge in [-0.25, -0.2) is 4.68 Å². The van der Waals surface area contributed by atoms with E-state index in [-0.39, 0.29) is 18.0 Å².